The van der Waals surface area contributed by atoms with Crippen LogP contribution >= 0.6 is 34.2 Å². The van der Waals surface area contributed by atoms with E-state index >= 15 is 0 Å². The van der Waals surface area contributed by atoms with Crippen molar-refractivity contribution in [3.8, 4) is 0 Å². The summed E-state index contributed by atoms with van der Waals surface area (Å²) in [7, 11) is 0. The molecule has 2 N–H and O–H groups in total. The number of nitrogen functional groups attached to an aromatic ring is 1. The van der Waals surface area contributed by atoms with Gasteiger partial charge >= 0.3 is 0 Å². The molecule has 0 aliphatic rings. The molecule has 0 bridgehead atoms. The summed E-state index contributed by atoms with van der Waals surface area (Å²) in [5.41, 5.74) is 5.80. The summed E-state index contributed by atoms with van der Waals surface area (Å²) >= 11 is 7.26. The standard InChI is InChI=1S/C6H4ClFIN/c7-3-1-2-4(10)6(9)5(3)8/h1-2H,10H2. The third-order valence-corrected chi connectivity index (χ3v) is 2.45. The van der Waals surface area contributed by atoms with Gasteiger partial charge in [-0.25, -0.2) is 4.39 Å². The molecule has 1 nitrogen and oxygen atoms in total. The molecule has 54 valence electrons. The van der Waals surface area contributed by atoms with E-state index in [2.05, 4.69) is 0 Å². The Balaban J connectivity index is 3.34. The van der Waals surface area contributed by atoms with Gasteiger partial charge in [0.15, 0.2) is 5.82 Å². The second-order valence-electron chi connectivity index (χ2n) is 1.76. The molecule has 10 heavy (non-hydrogen) atoms. The van der Waals surface area contributed by atoms with Crippen LogP contribution in [0.1, 0.15) is 0 Å². The van der Waals surface area contributed by atoms with Crippen LogP contribution in [-0.2, 0) is 0 Å². The monoisotopic (exact) mass is 271 g/mol. The third-order valence-electron chi connectivity index (χ3n) is 1.07. The van der Waals surface area contributed by atoms with Crippen LogP contribution in [0.15, 0.2) is 12.1 Å². The van der Waals surface area contributed by atoms with Crippen molar-refractivity contribution in [1.29, 1.82) is 0 Å². The Bertz CT molecular complexity index is 237. The Kier molecular flexibility index (Phi) is 2.36. The summed E-state index contributed by atoms with van der Waals surface area (Å²) in [4.78, 5) is 0. The molecule has 0 amide bonds. The van der Waals surface area contributed by atoms with Crippen molar-refractivity contribution in [2.45, 2.75) is 0 Å². The molecule has 0 aliphatic carbocycles. The van der Waals surface area contributed by atoms with Crippen LogP contribution in [0.2, 0.25) is 5.02 Å². The van der Waals surface area contributed by atoms with E-state index in [1.165, 1.54) is 6.07 Å². The Morgan fingerprint density at radius 3 is 2.60 bits per heavy atom. The van der Waals surface area contributed by atoms with Crippen LogP contribution in [-0.4, -0.2) is 0 Å². The Labute approximate surface area is 76.5 Å². The molecule has 0 aliphatic heterocycles. The zero-order chi connectivity index (χ0) is 7.72. The predicted molar refractivity (Wildman–Crippen MR) is 48.5 cm³/mol. The van der Waals surface area contributed by atoms with Gasteiger partial charge in [-0.15, -0.1) is 0 Å². The number of benzene rings is 1. The quantitative estimate of drug-likeness (QED) is 0.438. The molecule has 0 radical (unpaired) electrons. The zero-order valence-electron chi connectivity index (χ0n) is 4.87. The Morgan fingerprint density at radius 1 is 1.50 bits per heavy atom. The van der Waals surface area contributed by atoms with Gasteiger partial charge in [0.2, 0.25) is 0 Å². The number of hydrogen-bond acceptors (Lipinski definition) is 1. The van der Waals surface area contributed by atoms with Gasteiger partial charge in [-0.1, -0.05) is 11.6 Å². The van der Waals surface area contributed by atoms with Gasteiger partial charge in [0.25, 0.3) is 0 Å². The van der Waals surface area contributed by atoms with Crippen LogP contribution < -0.4 is 5.73 Å². The highest BCUT2D eigenvalue weighted by molar-refractivity contribution is 14.1. The normalized spacial score (nSPS) is 9.90. The molecule has 1 rings (SSSR count). The summed E-state index contributed by atoms with van der Waals surface area (Å²) in [5.74, 6) is -0.442. The highest BCUT2D eigenvalue weighted by Crippen LogP contribution is 2.24. The fourth-order valence-corrected chi connectivity index (χ4v) is 1.33. The maximum absolute atomic E-state index is 12.8. The minimum Gasteiger partial charge on any atom is -0.398 e. The first kappa shape index (κ1) is 8.07. The third kappa shape index (κ3) is 1.34. The van der Waals surface area contributed by atoms with E-state index in [4.69, 9.17) is 17.3 Å². The van der Waals surface area contributed by atoms with Crippen molar-refractivity contribution in [3.05, 3.63) is 26.5 Å². The molecule has 4 heteroatoms. The van der Waals surface area contributed by atoms with Crippen LogP contribution in [0.25, 0.3) is 0 Å². The van der Waals surface area contributed by atoms with E-state index in [0.29, 0.717) is 9.26 Å². The van der Waals surface area contributed by atoms with E-state index in [9.17, 15) is 4.39 Å². The largest absolute Gasteiger partial charge is 0.398 e. The minimum atomic E-state index is -0.442. The van der Waals surface area contributed by atoms with Gasteiger partial charge in [0, 0.05) is 5.69 Å². The SMILES string of the molecule is Nc1ccc(Cl)c(F)c1I. The first-order chi connectivity index (χ1) is 4.63. The Hall–Kier alpha value is -0.0300. The first-order valence-electron chi connectivity index (χ1n) is 2.52. The predicted octanol–water partition coefficient (Wildman–Crippen LogP) is 2.67. The van der Waals surface area contributed by atoms with Crippen molar-refractivity contribution in [2.24, 2.45) is 0 Å². The molecule has 0 heterocycles. The minimum absolute atomic E-state index is 0.110. The number of hydrogen-bond donors (Lipinski definition) is 1. The molecule has 0 fully saturated rings. The lowest BCUT2D eigenvalue weighted by Crippen LogP contribution is -1.92. The molecule has 0 aromatic heterocycles. The molecular weight excluding hydrogens is 267 g/mol. The second kappa shape index (κ2) is 2.92. The molecule has 0 atom stereocenters. The fourth-order valence-electron chi connectivity index (χ4n) is 0.541. The summed E-state index contributed by atoms with van der Waals surface area (Å²) in [6.07, 6.45) is 0. The van der Waals surface area contributed by atoms with Gasteiger partial charge in [-0.2, -0.15) is 0 Å². The summed E-state index contributed by atoms with van der Waals surface area (Å²) < 4.78 is 13.2. The smallest absolute Gasteiger partial charge is 0.157 e. The van der Waals surface area contributed by atoms with Crippen LogP contribution in [0.3, 0.4) is 0 Å². The van der Waals surface area contributed by atoms with E-state index < -0.39 is 5.82 Å². The second-order valence-corrected chi connectivity index (χ2v) is 3.25. The van der Waals surface area contributed by atoms with E-state index in [1.54, 1.807) is 6.07 Å². The van der Waals surface area contributed by atoms with Gasteiger partial charge < -0.3 is 5.73 Å². The lowest BCUT2D eigenvalue weighted by molar-refractivity contribution is 0.621. The van der Waals surface area contributed by atoms with Gasteiger partial charge in [0.1, 0.15) is 0 Å². The number of nitrogens with two attached hydrogens (primary N) is 1. The van der Waals surface area contributed by atoms with Crippen LogP contribution in [0.4, 0.5) is 10.1 Å². The molecule has 0 spiro atoms. The molecule has 0 unspecified atom stereocenters. The lowest BCUT2D eigenvalue weighted by Gasteiger charge is -1.99. The molecule has 1 aromatic rings. The van der Waals surface area contributed by atoms with Crippen LogP contribution in [0, 0.1) is 9.39 Å². The van der Waals surface area contributed by atoms with E-state index in [0.717, 1.165) is 0 Å². The van der Waals surface area contributed by atoms with Crippen LogP contribution in [0.5, 0.6) is 0 Å². The maximum atomic E-state index is 12.8. The van der Waals surface area contributed by atoms with Gasteiger partial charge in [-0.3, -0.25) is 0 Å². The van der Waals surface area contributed by atoms with Gasteiger partial charge in [-0.05, 0) is 34.7 Å². The highest BCUT2D eigenvalue weighted by atomic mass is 127. The zero-order valence-corrected chi connectivity index (χ0v) is 7.78. The average molecular weight is 271 g/mol. The van der Waals surface area contributed by atoms with Crippen molar-refractivity contribution >= 4 is 39.9 Å². The van der Waals surface area contributed by atoms with Crippen molar-refractivity contribution < 1.29 is 4.39 Å². The van der Waals surface area contributed by atoms with Gasteiger partial charge in [0.05, 0.1) is 8.59 Å². The summed E-state index contributed by atoms with van der Waals surface area (Å²) in [6, 6.07) is 3.02. The van der Waals surface area contributed by atoms with E-state index in [1.807, 2.05) is 22.6 Å². The maximum Gasteiger partial charge on any atom is 0.157 e. The molecular formula is C6H4ClFIN. The van der Waals surface area contributed by atoms with Crippen molar-refractivity contribution in [2.75, 3.05) is 5.73 Å². The van der Waals surface area contributed by atoms with E-state index in [-0.39, 0.29) is 5.02 Å². The topological polar surface area (TPSA) is 26.0 Å². The highest BCUT2D eigenvalue weighted by Gasteiger charge is 2.05. The number of halogens is 3. The number of anilines is 1. The first-order valence-corrected chi connectivity index (χ1v) is 3.97. The summed E-state index contributed by atoms with van der Waals surface area (Å²) in [5, 5.41) is 0.110. The average Bonchev–Trinajstić information content (AvgIpc) is 1.93. The van der Waals surface area contributed by atoms with Crippen molar-refractivity contribution in [3.63, 3.8) is 0 Å². The molecule has 1 aromatic carbocycles. The lowest BCUT2D eigenvalue weighted by atomic mass is 10.3. The van der Waals surface area contributed by atoms with Crippen molar-refractivity contribution in [1.82, 2.24) is 0 Å². The number of rotatable bonds is 0. The molecule has 0 saturated heterocycles. The summed E-state index contributed by atoms with van der Waals surface area (Å²) in [6.45, 7) is 0. The fraction of sp³-hybridized carbons (Fsp3) is 0. The Morgan fingerprint density at radius 2 is 2.10 bits per heavy atom. The molecule has 0 saturated carbocycles.